The molecule has 4 aromatic rings. The number of aliphatic hydroxyl groups is 1. The van der Waals surface area contributed by atoms with Crippen LogP contribution in [0.1, 0.15) is 62.3 Å². The van der Waals surface area contributed by atoms with Crippen molar-refractivity contribution in [2.45, 2.75) is 108 Å². The van der Waals surface area contributed by atoms with Crippen molar-refractivity contribution in [2.24, 2.45) is 5.92 Å². The molecule has 5 aliphatic rings. The number of benzene rings is 4. The van der Waals surface area contributed by atoms with Crippen LogP contribution in [0.25, 0.3) is 0 Å². The highest BCUT2D eigenvalue weighted by molar-refractivity contribution is 6.91. The summed E-state index contributed by atoms with van der Waals surface area (Å²) in [5, 5.41) is 11.7. The number of amides is 4. The number of β-lactam (4-membered cyclic amide) rings is 2. The molecule has 4 aromatic carbocycles. The number of hydrogen-bond acceptors (Lipinski definition) is 11. The van der Waals surface area contributed by atoms with Crippen LogP contribution in [0.15, 0.2) is 91.0 Å². The van der Waals surface area contributed by atoms with Crippen LogP contribution in [0.4, 0.5) is 17.1 Å². The summed E-state index contributed by atoms with van der Waals surface area (Å²) < 4.78 is 23.8. The second-order valence-corrected chi connectivity index (χ2v) is 23.2. The lowest BCUT2D eigenvalue weighted by atomic mass is 9.82. The third-order valence-corrected chi connectivity index (χ3v) is 18.7. The van der Waals surface area contributed by atoms with Crippen LogP contribution >= 0.6 is 0 Å². The molecule has 1 N–H and O–H groups in total. The number of aliphatic hydroxyl groups excluding tert-OH is 1. The molecule has 0 bridgehead atoms. The Labute approximate surface area is 384 Å². The average molecular weight is 915 g/mol. The average Bonchev–Trinajstić information content (AvgIpc) is 3.70. The zero-order chi connectivity index (χ0) is 46.8. The Balaban J connectivity index is 1.14. The van der Waals surface area contributed by atoms with Gasteiger partial charge in [0.1, 0.15) is 5.75 Å². The molecule has 0 aromatic heterocycles. The summed E-state index contributed by atoms with van der Waals surface area (Å²) in [6.45, 7) is 9.22. The Bertz CT molecular complexity index is 2640. The molecule has 7 atom stereocenters. The molecule has 9 rings (SSSR count). The fourth-order valence-electron chi connectivity index (χ4n) is 11.1. The molecule has 2 unspecified atom stereocenters. The van der Waals surface area contributed by atoms with Crippen molar-refractivity contribution in [2.75, 3.05) is 28.4 Å². The second kappa shape index (κ2) is 17.1. The first kappa shape index (κ1) is 44.8. The number of methoxy groups -OCH3 is 1. The van der Waals surface area contributed by atoms with Gasteiger partial charge in [-0.15, -0.1) is 0 Å². The van der Waals surface area contributed by atoms with Crippen molar-refractivity contribution < 1.29 is 52.8 Å². The van der Waals surface area contributed by atoms with Gasteiger partial charge >= 0.3 is 11.9 Å². The van der Waals surface area contributed by atoms with Crippen molar-refractivity contribution in [3.8, 4) is 5.75 Å². The van der Waals surface area contributed by atoms with Crippen molar-refractivity contribution in [3.63, 3.8) is 0 Å². The van der Waals surface area contributed by atoms with Gasteiger partial charge in [-0.05, 0) is 71.1 Å². The molecule has 344 valence electrons. The third kappa shape index (κ3) is 7.54. The van der Waals surface area contributed by atoms with Crippen LogP contribution in [0.5, 0.6) is 5.75 Å². The van der Waals surface area contributed by atoms with Gasteiger partial charge in [0.25, 0.3) is 5.91 Å². The molecule has 3 saturated heterocycles. The lowest BCUT2D eigenvalue weighted by Crippen LogP contribution is -2.55. The maximum absolute atomic E-state index is 15.8. The van der Waals surface area contributed by atoms with Gasteiger partial charge in [-0.3, -0.25) is 38.6 Å². The molecular weight excluding hydrogens is 861 g/mol. The predicted molar refractivity (Wildman–Crippen MR) is 245 cm³/mol. The molecule has 3 fully saturated rings. The molecule has 1 spiro atoms. The van der Waals surface area contributed by atoms with E-state index < -0.39 is 56.1 Å². The van der Waals surface area contributed by atoms with E-state index in [4.69, 9.17) is 18.9 Å². The van der Waals surface area contributed by atoms with E-state index in [2.05, 4.69) is 13.1 Å². The van der Waals surface area contributed by atoms with Gasteiger partial charge in [-0.1, -0.05) is 73.7 Å². The van der Waals surface area contributed by atoms with Crippen LogP contribution in [-0.2, 0) is 68.1 Å². The number of esters is 2. The molecule has 15 nitrogen and oxygen atoms in total. The second-order valence-electron chi connectivity index (χ2n) is 18.5. The number of carbonyl (C=O) groups is 6. The molecule has 5 heterocycles. The first-order valence-corrected chi connectivity index (χ1v) is 25.5. The number of carbonyl (C=O) groups excluding carboxylic acids is 6. The lowest BCUT2D eigenvalue weighted by Gasteiger charge is -2.39. The number of fused-ring (bicyclic) bond motifs is 3. The van der Waals surface area contributed by atoms with Crippen molar-refractivity contribution in [1.29, 1.82) is 0 Å². The Hall–Kier alpha value is -6.36. The fraction of sp³-hybridized carbons (Fsp3) is 0.400. The summed E-state index contributed by atoms with van der Waals surface area (Å²) >= 11 is 0. The Morgan fingerprint density at radius 1 is 0.803 bits per heavy atom. The van der Waals surface area contributed by atoms with Gasteiger partial charge in [0.15, 0.2) is 18.1 Å². The van der Waals surface area contributed by atoms with Gasteiger partial charge in [0, 0.05) is 43.2 Å². The van der Waals surface area contributed by atoms with Crippen molar-refractivity contribution >= 4 is 65.9 Å². The SMILES string of the molecule is COc1ccc([Si](C)(C)[C@@H]2[C@@H](CC(=O)N3Cc4ccccc4C[C@H]3CO)O[C@]3(C(=O)N(Cc4cccc(N5C(=O)CC5OC(C)=O)c4)c4ccc(N5C(=O)CC5OC(C)=O)cc43)[C@H]2C)cc1. The Kier molecular flexibility index (Phi) is 11.6. The number of anilines is 3. The molecule has 0 radical (unpaired) electrons. The van der Waals surface area contributed by atoms with Crippen LogP contribution in [-0.4, -0.2) is 92.0 Å². The molecule has 66 heavy (non-hydrogen) atoms. The quantitative estimate of drug-likeness (QED) is 0.115. The van der Waals surface area contributed by atoms with Crippen molar-refractivity contribution in [1.82, 2.24) is 4.90 Å². The van der Waals surface area contributed by atoms with Gasteiger partial charge in [-0.2, -0.15) is 0 Å². The van der Waals surface area contributed by atoms with Gasteiger partial charge in [0.2, 0.25) is 17.7 Å². The highest BCUT2D eigenvalue weighted by atomic mass is 28.3. The van der Waals surface area contributed by atoms with Gasteiger partial charge in [0.05, 0.1) is 65.4 Å². The number of rotatable bonds is 12. The minimum absolute atomic E-state index is 0.0116. The van der Waals surface area contributed by atoms with E-state index in [-0.39, 0.29) is 61.6 Å². The zero-order valence-electron chi connectivity index (χ0n) is 37.9. The number of nitrogens with zero attached hydrogens (tertiary/aromatic N) is 4. The lowest BCUT2D eigenvalue weighted by molar-refractivity contribution is -0.155. The van der Waals surface area contributed by atoms with Crippen LogP contribution < -0.4 is 24.6 Å². The minimum Gasteiger partial charge on any atom is -0.497 e. The smallest absolute Gasteiger partial charge is 0.304 e. The third-order valence-electron chi connectivity index (χ3n) is 14.3. The molecule has 16 heteroatoms. The van der Waals surface area contributed by atoms with Crippen LogP contribution in [0.2, 0.25) is 18.6 Å². The van der Waals surface area contributed by atoms with E-state index in [1.165, 1.54) is 23.6 Å². The van der Waals surface area contributed by atoms with E-state index in [0.717, 1.165) is 16.3 Å². The summed E-state index contributed by atoms with van der Waals surface area (Å²) in [5.41, 5.74) is 2.82. The first-order valence-electron chi connectivity index (χ1n) is 22.4. The summed E-state index contributed by atoms with van der Waals surface area (Å²) in [7, 11) is -1.12. The van der Waals surface area contributed by atoms with E-state index in [0.29, 0.717) is 46.9 Å². The summed E-state index contributed by atoms with van der Waals surface area (Å²) in [6.07, 6.45) is -1.80. The van der Waals surface area contributed by atoms with Crippen molar-refractivity contribution in [3.05, 3.63) is 113 Å². The minimum atomic E-state index is -2.73. The molecule has 0 aliphatic carbocycles. The molecular formula is C50H54N4O11Si. The molecule has 4 amide bonds. The molecule has 0 saturated carbocycles. The summed E-state index contributed by atoms with van der Waals surface area (Å²) in [5.74, 6) is -1.87. The van der Waals surface area contributed by atoms with E-state index in [9.17, 15) is 29.1 Å². The Morgan fingerprint density at radius 2 is 1.44 bits per heavy atom. The standard InChI is InChI=1S/C50H54N4O11Si/c1-29-48(66(5,6)39-17-15-38(62-4)16-18-39)42(23-43(58)51-27-34-12-8-7-11-33(34)21-37(51)28-55)65-50(29)40-22-36(54-45(60)25-47(54)64-31(3)57)14-19-41(40)52(49(50)61)26-32-10-9-13-35(20-32)53-44(59)24-46(53)63-30(2)56/h7-20,22,29,37,42,46-48,55H,21,23-28H2,1-6H3/t29-,37-,42+,46?,47?,48-,50+/m0/s1. The van der Waals surface area contributed by atoms with Crippen LogP contribution in [0.3, 0.4) is 0 Å². The highest BCUT2D eigenvalue weighted by Gasteiger charge is 2.67. The van der Waals surface area contributed by atoms with E-state index in [1.807, 2.05) is 61.5 Å². The monoisotopic (exact) mass is 914 g/mol. The van der Waals surface area contributed by atoms with Gasteiger partial charge < -0.3 is 33.9 Å². The normalized spacial score (nSPS) is 25.6. The fourth-order valence-corrected chi connectivity index (χ4v) is 15.1. The maximum atomic E-state index is 15.8. The van der Waals surface area contributed by atoms with Crippen LogP contribution in [0, 0.1) is 5.92 Å². The first-order chi connectivity index (χ1) is 31.5. The number of ether oxygens (including phenoxy) is 4. The zero-order valence-corrected chi connectivity index (χ0v) is 38.9. The van der Waals surface area contributed by atoms with E-state index in [1.54, 1.807) is 53.3 Å². The van der Waals surface area contributed by atoms with Gasteiger partial charge in [-0.25, -0.2) is 0 Å². The maximum Gasteiger partial charge on any atom is 0.304 e. The largest absolute Gasteiger partial charge is 0.497 e. The number of hydrogen-bond donors (Lipinski definition) is 1. The predicted octanol–water partition coefficient (Wildman–Crippen LogP) is 5.05. The topological polar surface area (TPSA) is 173 Å². The summed E-state index contributed by atoms with van der Waals surface area (Å²) in [4.78, 5) is 86.9. The Morgan fingerprint density at radius 3 is 2.05 bits per heavy atom. The van der Waals surface area contributed by atoms with E-state index >= 15 is 4.79 Å². The molecule has 5 aliphatic heterocycles. The summed E-state index contributed by atoms with van der Waals surface area (Å²) in [6, 6.07) is 27.9. The highest BCUT2D eigenvalue weighted by Crippen LogP contribution is 2.61.